The van der Waals surface area contributed by atoms with E-state index in [2.05, 4.69) is 18.6 Å². The molecular weight excluding hydrogens is 244 g/mol. The number of hydrogen-bond acceptors (Lipinski definition) is 4. The first-order chi connectivity index (χ1) is 8.99. The van der Waals surface area contributed by atoms with Gasteiger partial charge in [-0.05, 0) is 12.3 Å². The number of hydrogen-bond donors (Lipinski definition) is 1. The minimum Gasteiger partial charge on any atom is -0.468 e. The van der Waals surface area contributed by atoms with Crippen molar-refractivity contribution in [3.8, 4) is 0 Å². The standard InChI is InChI=1S/C14H28N2O3/c1-5-8-12(15)14(18)16(10-13(17)19-4)9-11(6-2)7-3/h11-12H,5-10,15H2,1-4H3/t12-/m1/s1. The summed E-state index contributed by atoms with van der Waals surface area (Å²) in [6.45, 7) is 6.71. The third-order valence-corrected chi connectivity index (χ3v) is 3.41. The predicted molar refractivity (Wildman–Crippen MR) is 75.6 cm³/mol. The normalized spacial score (nSPS) is 12.3. The van der Waals surface area contributed by atoms with E-state index < -0.39 is 12.0 Å². The summed E-state index contributed by atoms with van der Waals surface area (Å²) in [4.78, 5) is 25.2. The Morgan fingerprint density at radius 1 is 1.21 bits per heavy atom. The molecule has 0 aliphatic carbocycles. The van der Waals surface area contributed by atoms with Crippen molar-refractivity contribution in [2.45, 2.75) is 52.5 Å². The van der Waals surface area contributed by atoms with Crippen LogP contribution >= 0.6 is 0 Å². The van der Waals surface area contributed by atoms with E-state index in [1.54, 1.807) is 4.90 Å². The van der Waals surface area contributed by atoms with Gasteiger partial charge in [0, 0.05) is 6.54 Å². The molecule has 19 heavy (non-hydrogen) atoms. The van der Waals surface area contributed by atoms with Gasteiger partial charge >= 0.3 is 5.97 Å². The summed E-state index contributed by atoms with van der Waals surface area (Å²) >= 11 is 0. The Balaban J connectivity index is 4.73. The lowest BCUT2D eigenvalue weighted by atomic mass is 10.0. The molecule has 0 aromatic heterocycles. The van der Waals surface area contributed by atoms with Crippen LogP contribution in [0.1, 0.15) is 46.5 Å². The SMILES string of the molecule is CCC[C@@H](N)C(=O)N(CC(=O)OC)CC(CC)CC. The molecule has 112 valence electrons. The number of ether oxygens (including phenoxy) is 1. The van der Waals surface area contributed by atoms with Crippen molar-refractivity contribution in [1.82, 2.24) is 4.90 Å². The van der Waals surface area contributed by atoms with Crippen LogP contribution in [0.5, 0.6) is 0 Å². The molecule has 0 aromatic carbocycles. The minimum absolute atomic E-state index is 0.0107. The second-order valence-electron chi connectivity index (χ2n) is 4.87. The van der Waals surface area contributed by atoms with Crippen molar-refractivity contribution >= 4 is 11.9 Å². The monoisotopic (exact) mass is 272 g/mol. The number of amides is 1. The molecule has 0 aliphatic heterocycles. The summed E-state index contributed by atoms with van der Waals surface area (Å²) in [7, 11) is 1.33. The molecule has 0 bridgehead atoms. The first-order valence-corrected chi connectivity index (χ1v) is 7.11. The number of carbonyl (C=O) groups is 2. The van der Waals surface area contributed by atoms with Gasteiger partial charge in [0.25, 0.3) is 0 Å². The van der Waals surface area contributed by atoms with Gasteiger partial charge in [-0.2, -0.15) is 0 Å². The first-order valence-electron chi connectivity index (χ1n) is 7.11. The van der Waals surface area contributed by atoms with E-state index in [1.807, 2.05) is 6.92 Å². The maximum atomic E-state index is 12.2. The Bertz CT molecular complexity index is 278. The van der Waals surface area contributed by atoms with Crippen LogP contribution in [0, 0.1) is 5.92 Å². The Morgan fingerprint density at radius 3 is 2.21 bits per heavy atom. The molecule has 0 aliphatic rings. The Morgan fingerprint density at radius 2 is 1.79 bits per heavy atom. The minimum atomic E-state index is -0.524. The van der Waals surface area contributed by atoms with E-state index >= 15 is 0 Å². The molecule has 0 unspecified atom stereocenters. The van der Waals surface area contributed by atoms with Crippen LogP contribution in [0.3, 0.4) is 0 Å². The van der Waals surface area contributed by atoms with Gasteiger partial charge in [-0.25, -0.2) is 0 Å². The highest BCUT2D eigenvalue weighted by molar-refractivity contribution is 5.85. The van der Waals surface area contributed by atoms with Gasteiger partial charge in [0.1, 0.15) is 6.54 Å². The number of rotatable bonds is 9. The zero-order valence-electron chi connectivity index (χ0n) is 12.6. The summed E-state index contributed by atoms with van der Waals surface area (Å²) in [6, 6.07) is -0.524. The molecule has 0 spiro atoms. The van der Waals surface area contributed by atoms with E-state index in [1.165, 1.54) is 7.11 Å². The van der Waals surface area contributed by atoms with Crippen molar-refractivity contribution in [2.24, 2.45) is 11.7 Å². The molecule has 2 N–H and O–H groups in total. The van der Waals surface area contributed by atoms with Crippen molar-refractivity contribution in [2.75, 3.05) is 20.2 Å². The molecule has 1 atom stereocenters. The molecule has 5 heteroatoms. The van der Waals surface area contributed by atoms with E-state index in [-0.39, 0.29) is 12.5 Å². The highest BCUT2D eigenvalue weighted by Crippen LogP contribution is 2.11. The lowest BCUT2D eigenvalue weighted by Crippen LogP contribution is -2.47. The zero-order valence-corrected chi connectivity index (χ0v) is 12.6. The molecule has 0 fully saturated rings. The van der Waals surface area contributed by atoms with Gasteiger partial charge in [-0.3, -0.25) is 9.59 Å². The van der Waals surface area contributed by atoms with E-state index in [0.29, 0.717) is 18.9 Å². The van der Waals surface area contributed by atoms with Crippen LogP contribution in [0.4, 0.5) is 0 Å². The van der Waals surface area contributed by atoms with Crippen LogP contribution in [0.2, 0.25) is 0 Å². The van der Waals surface area contributed by atoms with Gasteiger partial charge in [-0.1, -0.05) is 40.0 Å². The van der Waals surface area contributed by atoms with Crippen LogP contribution in [0.25, 0.3) is 0 Å². The van der Waals surface area contributed by atoms with Gasteiger partial charge in [0.2, 0.25) is 5.91 Å². The van der Waals surface area contributed by atoms with Crippen molar-refractivity contribution in [3.63, 3.8) is 0 Å². The highest BCUT2D eigenvalue weighted by atomic mass is 16.5. The molecule has 0 saturated carbocycles. The molecule has 0 heterocycles. The molecule has 0 saturated heterocycles. The lowest BCUT2D eigenvalue weighted by molar-refractivity contribution is -0.148. The fourth-order valence-corrected chi connectivity index (χ4v) is 1.98. The Kier molecular flexibility index (Phi) is 9.21. The van der Waals surface area contributed by atoms with E-state index in [0.717, 1.165) is 19.3 Å². The number of nitrogens with zero attached hydrogens (tertiary/aromatic N) is 1. The second-order valence-corrected chi connectivity index (χ2v) is 4.87. The molecule has 5 nitrogen and oxygen atoms in total. The summed E-state index contributed by atoms with van der Waals surface area (Å²) in [5.74, 6) is -0.162. The van der Waals surface area contributed by atoms with Gasteiger partial charge in [0.15, 0.2) is 0 Å². The predicted octanol–water partition coefficient (Wildman–Crippen LogP) is 1.55. The van der Waals surface area contributed by atoms with Crippen LogP contribution < -0.4 is 5.73 Å². The lowest BCUT2D eigenvalue weighted by Gasteiger charge is -2.28. The van der Waals surface area contributed by atoms with Crippen molar-refractivity contribution in [3.05, 3.63) is 0 Å². The smallest absolute Gasteiger partial charge is 0.325 e. The van der Waals surface area contributed by atoms with Crippen molar-refractivity contribution in [1.29, 1.82) is 0 Å². The average molecular weight is 272 g/mol. The van der Waals surface area contributed by atoms with Crippen LogP contribution in [0.15, 0.2) is 0 Å². The first kappa shape index (κ1) is 17.9. The van der Waals surface area contributed by atoms with Gasteiger partial charge < -0.3 is 15.4 Å². The molecule has 1 amide bonds. The fraction of sp³-hybridized carbons (Fsp3) is 0.857. The summed E-state index contributed by atoms with van der Waals surface area (Å²) in [5.41, 5.74) is 5.86. The van der Waals surface area contributed by atoms with Crippen LogP contribution in [-0.4, -0.2) is 43.0 Å². The van der Waals surface area contributed by atoms with Gasteiger partial charge in [0.05, 0.1) is 13.2 Å². The van der Waals surface area contributed by atoms with Crippen molar-refractivity contribution < 1.29 is 14.3 Å². The number of methoxy groups -OCH3 is 1. The second kappa shape index (κ2) is 9.78. The largest absolute Gasteiger partial charge is 0.468 e. The summed E-state index contributed by atoms with van der Waals surface area (Å²) in [6.07, 6.45) is 3.44. The molecule has 0 radical (unpaired) electrons. The molecule has 0 aromatic rings. The third kappa shape index (κ3) is 6.57. The summed E-state index contributed by atoms with van der Waals surface area (Å²) in [5, 5.41) is 0. The van der Waals surface area contributed by atoms with Crippen LogP contribution in [-0.2, 0) is 14.3 Å². The highest BCUT2D eigenvalue weighted by Gasteiger charge is 2.24. The van der Waals surface area contributed by atoms with Gasteiger partial charge in [-0.15, -0.1) is 0 Å². The number of carbonyl (C=O) groups excluding carboxylic acids is 2. The average Bonchev–Trinajstić information content (AvgIpc) is 2.42. The molecule has 0 rings (SSSR count). The Hall–Kier alpha value is -1.10. The Labute approximate surface area is 116 Å². The maximum Gasteiger partial charge on any atom is 0.325 e. The van der Waals surface area contributed by atoms with E-state index in [9.17, 15) is 9.59 Å². The third-order valence-electron chi connectivity index (χ3n) is 3.41. The maximum absolute atomic E-state index is 12.2. The zero-order chi connectivity index (χ0) is 14.8. The van der Waals surface area contributed by atoms with E-state index in [4.69, 9.17) is 5.73 Å². The number of nitrogens with two attached hydrogens (primary N) is 1. The number of esters is 1. The summed E-state index contributed by atoms with van der Waals surface area (Å²) < 4.78 is 4.65. The fourth-order valence-electron chi connectivity index (χ4n) is 1.98. The topological polar surface area (TPSA) is 72.6 Å². The molecular formula is C14H28N2O3. The quantitative estimate of drug-likeness (QED) is 0.646.